The summed E-state index contributed by atoms with van der Waals surface area (Å²) in [6.07, 6.45) is 0. The maximum atomic E-state index is 5.84. The van der Waals surface area contributed by atoms with Crippen LogP contribution in [0, 0.1) is 11.3 Å². The van der Waals surface area contributed by atoms with Crippen LogP contribution in [0.25, 0.3) is 0 Å². The first-order chi connectivity index (χ1) is 9.63. The summed E-state index contributed by atoms with van der Waals surface area (Å²) in [7, 11) is 0. The molecule has 2 atom stereocenters. The molecule has 1 fully saturated rings. The van der Waals surface area contributed by atoms with Crippen molar-refractivity contribution in [3.05, 3.63) is 60.2 Å². The molecule has 0 aliphatic heterocycles. The van der Waals surface area contributed by atoms with Crippen molar-refractivity contribution in [2.24, 2.45) is 17.1 Å². The molecule has 2 N–H and O–H groups in total. The molecule has 2 aromatic carbocycles. The standard InChI is InChI=1S/C18H21NO/c1-18(2)16(12-19)17(18)13-8-10-15(11-9-13)20-14-6-4-3-5-7-14/h3-11,16-17H,12,19H2,1-2H3/t16-,17-/m1/s1. The van der Waals surface area contributed by atoms with E-state index in [4.69, 9.17) is 10.5 Å². The molecule has 0 radical (unpaired) electrons. The summed E-state index contributed by atoms with van der Waals surface area (Å²) in [6, 6.07) is 18.3. The molecule has 0 bridgehead atoms. The van der Waals surface area contributed by atoms with Gasteiger partial charge in [-0.1, -0.05) is 44.2 Å². The van der Waals surface area contributed by atoms with E-state index in [9.17, 15) is 0 Å². The second kappa shape index (κ2) is 4.95. The summed E-state index contributed by atoms with van der Waals surface area (Å²) in [5, 5.41) is 0. The molecule has 0 saturated heterocycles. The zero-order chi connectivity index (χ0) is 14.2. The van der Waals surface area contributed by atoms with Gasteiger partial charge in [-0.3, -0.25) is 0 Å². The van der Waals surface area contributed by atoms with Crippen LogP contribution in [-0.2, 0) is 0 Å². The number of hydrogen-bond acceptors (Lipinski definition) is 2. The van der Waals surface area contributed by atoms with Crippen molar-refractivity contribution in [2.45, 2.75) is 19.8 Å². The Kier molecular flexibility index (Phi) is 3.27. The molecule has 0 heterocycles. The number of ether oxygens (including phenoxy) is 1. The van der Waals surface area contributed by atoms with E-state index in [2.05, 4.69) is 26.0 Å². The van der Waals surface area contributed by atoms with Crippen LogP contribution in [0.1, 0.15) is 25.3 Å². The first kappa shape index (κ1) is 13.2. The lowest BCUT2D eigenvalue weighted by atomic mass is 10.0. The molecule has 0 amide bonds. The van der Waals surface area contributed by atoms with E-state index < -0.39 is 0 Å². The predicted molar refractivity (Wildman–Crippen MR) is 82.0 cm³/mol. The summed E-state index contributed by atoms with van der Waals surface area (Å²) < 4.78 is 5.81. The average Bonchev–Trinajstić information content (AvgIpc) is 3.02. The van der Waals surface area contributed by atoms with Crippen LogP contribution in [0.5, 0.6) is 11.5 Å². The Hall–Kier alpha value is -1.80. The first-order valence-electron chi connectivity index (χ1n) is 7.16. The Labute approximate surface area is 120 Å². The molecular weight excluding hydrogens is 246 g/mol. The molecule has 104 valence electrons. The van der Waals surface area contributed by atoms with Crippen LogP contribution < -0.4 is 10.5 Å². The Morgan fingerprint density at radius 2 is 1.55 bits per heavy atom. The van der Waals surface area contributed by atoms with Crippen molar-refractivity contribution in [3.63, 3.8) is 0 Å². The maximum absolute atomic E-state index is 5.84. The molecule has 2 aromatic rings. The minimum atomic E-state index is 0.330. The molecular formula is C18H21NO. The highest BCUT2D eigenvalue weighted by atomic mass is 16.5. The molecule has 0 spiro atoms. The van der Waals surface area contributed by atoms with E-state index in [1.807, 2.05) is 42.5 Å². The second-order valence-electron chi connectivity index (χ2n) is 6.13. The van der Waals surface area contributed by atoms with Gasteiger partial charge in [0.1, 0.15) is 11.5 Å². The van der Waals surface area contributed by atoms with E-state index in [1.165, 1.54) is 5.56 Å². The molecule has 1 aliphatic carbocycles. The average molecular weight is 267 g/mol. The van der Waals surface area contributed by atoms with Crippen molar-refractivity contribution < 1.29 is 4.74 Å². The Morgan fingerprint density at radius 3 is 2.10 bits per heavy atom. The predicted octanol–water partition coefficient (Wildman–Crippen LogP) is 4.18. The van der Waals surface area contributed by atoms with Crippen molar-refractivity contribution in [1.82, 2.24) is 0 Å². The lowest BCUT2D eigenvalue weighted by Crippen LogP contribution is -2.05. The zero-order valence-electron chi connectivity index (χ0n) is 12.0. The fourth-order valence-corrected chi connectivity index (χ4v) is 3.21. The molecule has 2 nitrogen and oxygen atoms in total. The van der Waals surface area contributed by atoms with Gasteiger partial charge in [-0.25, -0.2) is 0 Å². The van der Waals surface area contributed by atoms with Gasteiger partial charge in [0, 0.05) is 0 Å². The zero-order valence-corrected chi connectivity index (χ0v) is 12.0. The summed E-state index contributed by atoms with van der Waals surface area (Å²) in [4.78, 5) is 0. The molecule has 3 rings (SSSR count). The summed E-state index contributed by atoms with van der Waals surface area (Å²) in [5.74, 6) is 2.93. The van der Waals surface area contributed by atoms with Gasteiger partial charge < -0.3 is 10.5 Å². The fraction of sp³-hybridized carbons (Fsp3) is 0.333. The molecule has 0 unspecified atom stereocenters. The van der Waals surface area contributed by atoms with Crippen molar-refractivity contribution in [2.75, 3.05) is 6.54 Å². The third kappa shape index (κ3) is 2.32. The highest BCUT2D eigenvalue weighted by Gasteiger charge is 2.57. The SMILES string of the molecule is CC1(C)[C@H](CN)[C@H]1c1ccc(Oc2ccccc2)cc1. The van der Waals surface area contributed by atoms with Crippen molar-refractivity contribution >= 4 is 0 Å². The van der Waals surface area contributed by atoms with Gasteiger partial charge >= 0.3 is 0 Å². The maximum Gasteiger partial charge on any atom is 0.127 e. The van der Waals surface area contributed by atoms with Gasteiger partial charge in [0.25, 0.3) is 0 Å². The highest BCUT2D eigenvalue weighted by molar-refractivity contribution is 5.38. The summed E-state index contributed by atoms with van der Waals surface area (Å²) in [6.45, 7) is 5.35. The van der Waals surface area contributed by atoms with E-state index in [0.29, 0.717) is 17.3 Å². The monoisotopic (exact) mass is 267 g/mol. The largest absolute Gasteiger partial charge is 0.457 e. The first-order valence-corrected chi connectivity index (χ1v) is 7.16. The number of para-hydroxylation sites is 1. The summed E-state index contributed by atoms with van der Waals surface area (Å²) in [5.41, 5.74) is 7.54. The minimum absolute atomic E-state index is 0.330. The van der Waals surface area contributed by atoms with Crippen LogP contribution in [-0.4, -0.2) is 6.54 Å². The second-order valence-corrected chi connectivity index (χ2v) is 6.13. The van der Waals surface area contributed by atoms with Crippen molar-refractivity contribution in [1.29, 1.82) is 0 Å². The van der Waals surface area contributed by atoms with E-state index in [0.717, 1.165) is 18.0 Å². The topological polar surface area (TPSA) is 35.2 Å². The third-order valence-corrected chi connectivity index (χ3v) is 4.52. The van der Waals surface area contributed by atoms with Crippen LogP contribution in [0.2, 0.25) is 0 Å². The van der Waals surface area contributed by atoms with Gasteiger partial charge in [-0.15, -0.1) is 0 Å². The molecule has 20 heavy (non-hydrogen) atoms. The molecule has 0 aromatic heterocycles. The minimum Gasteiger partial charge on any atom is -0.457 e. The van der Waals surface area contributed by atoms with Gasteiger partial charge in [0.15, 0.2) is 0 Å². The number of benzene rings is 2. The van der Waals surface area contributed by atoms with Gasteiger partial charge in [-0.05, 0) is 53.6 Å². The van der Waals surface area contributed by atoms with Crippen LogP contribution in [0.4, 0.5) is 0 Å². The Bertz CT molecular complexity index is 574. The lowest BCUT2D eigenvalue weighted by Gasteiger charge is -2.07. The quantitative estimate of drug-likeness (QED) is 0.902. The van der Waals surface area contributed by atoms with Gasteiger partial charge in [-0.2, -0.15) is 0 Å². The van der Waals surface area contributed by atoms with Crippen molar-refractivity contribution in [3.8, 4) is 11.5 Å². The third-order valence-electron chi connectivity index (χ3n) is 4.52. The Morgan fingerprint density at radius 1 is 0.950 bits per heavy atom. The molecule has 1 aliphatic rings. The lowest BCUT2D eigenvalue weighted by molar-refractivity contribution is 0.482. The van der Waals surface area contributed by atoms with E-state index in [-0.39, 0.29) is 0 Å². The normalized spacial score (nSPS) is 23.4. The van der Waals surface area contributed by atoms with E-state index in [1.54, 1.807) is 0 Å². The van der Waals surface area contributed by atoms with E-state index >= 15 is 0 Å². The van der Waals surface area contributed by atoms with Gasteiger partial charge in [0.2, 0.25) is 0 Å². The number of rotatable bonds is 4. The van der Waals surface area contributed by atoms with Crippen LogP contribution >= 0.6 is 0 Å². The fourth-order valence-electron chi connectivity index (χ4n) is 3.21. The molecule has 1 saturated carbocycles. The number of hydrogen-bond donors (Lipinski definition) is 1. The highest BCUT2D eigenvalue weighted by Crippen LogP contribution is 2.63. The Balaban J connectivity index is 1.73. The van der Waals surface area contributed by atoms with Crippen LogP contribution in [0.3, 0.4) is 0 Å². The smallest absolute Gasteiger partial charge is 0.127 e. The van der Waals surface area contributed by atoms with Crippen LogP contribution in [0.15, 0.2) is 54.6 Å². The number of nitrogens with two attached hydrogens (primary N) is 1. The molecule has 2 heteroatoms. The van der Waals surface area contributed by atoms with Gasteiger partial charge in [0.05, 0.1) is 0 Å². The summed E-state index contributed by atoms with van der Waals surface area (Å²) >= 11 is 0.